The predicted octanol–water partition coefficient (Wildman–Crippen LogP) is 8.58. The van der Waals surface area contributed by atoms with Gasteiger partial charge in [-0.05, 0) is 95.4 Å². The summed E-state index contributed by atoms with van der Waals surface area (Å²) in [6, 6.07) is -0.0937. The molecule has 16 atom stereocenters. The maximum absolute atomic E-state index is 12.6. The number of aldehydes is 1. The van der Waals surface area contributed by atoms with Gasteiger partial charge >= 0.3 is 17.9 Å². The van der Waals surface area contributed by atoms with Gasteiger partial charge in [0.05, 0.1) is 52.7 Å². The van der Waals surface area contributed by atoms with Crippen LogP contribution in [0.2, 0.25) is 0 Å². The highest BCUT2D eigenvalue weighted by Crippen LogP contribution is 2.44. The number of carboxylic acids is 1. The van der Waals surface area contributed by atoms with Crippen molar-refractivity contribution in [3.8, 4) is 0 Å². The zero-order chi connectivity index (χ0) is 56.3. The SMILES string of the molecule is C=C.CO[C@](C)(C[C@@H](C)C(=O)O)[C@H](O[C@@H]1O[C@H](C)CC(N(C)C)[C@H]1P=O)[C@@H](C)C1=C(C)C(=O)OC(C)(C)O1.CO[C@](C)(C[C@@H](C)C=O)[C@H](O[C@@H]1O[C@H](C)CC(N(C)C)[C@H]1P=O)[C@@H](C)C1=C(C)C(=O)OC(C)(C)O1. The third kappa shape index (κ3) is 16.9. The number of ether oxygens (including phenoxy) is 10. The quantitative estimate of drug-likeness (QED) is 0.0464. The first kappa shape index (κ1) is 65.9. The first-order chi connectivity index (χ1) is 33.8. The summed E-state index contributed by atoms with van der Waals surface area (Å²) in [5.74, 6) is -5.56. The fraction of sp³-hybridized carbons (Fsp3) is 0.808. The van der Waals surface area contributed by atoms with E-state index in [9.17, 15) is 33.4 Å². The average molecular weight is 1080 g/mol. The number of hydrogen-bond acceptors (Lipinski definition) is 18. The van der Waals surface area contributed by atoms with Gasteiger partial charge in [-0.2, -0.15) is 0 Å². The molecule has 2 fully saturated rings. The maximum atomic E-state index is 12.6. The molecule has 0 aromatic heterocycles. The van der Waals surface area contributed by atoms with Crippen LogP contribution in [0.25, 0.3) is 0 Å². The van der Waals surface area contributed by atoms with Gasteiger partial charge in [-0.25, -0.2) is 9.59 Å². The molecule has 4 aliphatic heterocycles. The molecule has 4 aliphatic rings. The Morgan fingerprint density at radius 2 is 1.07 bits per heavy atom. The molecule has 0 bridgehead atoms. The van der Waals surface area contributed by atoms with Gasteiger partial charge in [0.15, 0.2) is 29.5 Å². The summed E-state index contributed by atoms with van der Waals surface area (Å²) in [5.41, 5.74) is -2.37. The molecule has 19 nitrogen and oxygen atoms in total. The molecule has 4 rings (SSSR count). The summed E-state index contributed by atoms with van der Waals surface area (Å²) in [5, 5.41) is 9.62. The number of nitrogens with zero attached hydrogens (tertiary/aromatic N) is 2. The van der Waals surface area contributed by atoms with Crippen LogP contribution in [0.4, 0.5) is 0 Å². The first-order valence-corrected chi connectivity index (χ1v) is 26.7. The van der Waals surface area contributed by atoms with Crippen molar-refractivity contribution in [2.24, 2.45) is 23.7 Å². The van der Waals surface area contributed by atoms with Crippen molar-refractivity contribution in [2.75, 3.05) is 42.4 Å². The second-order valence-corrected chi connectivity index (χ2v) is 23.2. The van der Waals surface area contributed by atoms with Gasteiger partial charge in [-0.15, -0.1) is 13.2 Å². The van der Waals surface area contributed by atoms with Crippen LogP contribution >= 0.6 is 16.9 Å². The molecule has 0 aliphatic carbocycles. The van der Waals surface area contributed by atoms with Gasteiger partial charge in [-0.3, -0.25) is 13.9 Å². The van der Waals surface area contributed by atoms with Gasteiger partial charge in [-0.1, -0.05) is 27.7 Å². The molecule has 0 amide bonds. The topological polar surface area (TPSA) is 221 Å². The molecule has 2 unspecified atom stereocenters. The van der Waals surface area contributed by atoms with Crippen molar-refractivity contribution in [1.82, 2.24) is 9.80 Å². The van der Waals surface area contributed by atoms with Crippen molar-refractivity contribution in [1.29, 1.82) is 0 Å². The Kier molecular flexibility index (Phi) is 25.0. The number of esters is 2. The predicted molar refractivity (Wildman–Crippen MR) is 275 cm³/mol. The van der Waals surface area contributed by atoms with E-state index in [2.05, 4.69) is 13.2 Å². The lowest BCUT2D eigenvalue weighted by atomic mass is 9.80. The van der Waals surface area contributed by atoms with E-state index in [0.717, 1.165) is 6.29 Å². The van der Waals surface area contributed by atoms with Crippen molar-refractivity contribution in [3.05, 3.63) is 35.8 Å². The smallest absolute Gasteiger partial charge is 0.340 e. The Morgan fingerprint density at radius 1 is 0.726 bits per heavy atom. The molecule has 0 aromatic carbocycles. The van der Waals surface area contributed by atoms with E-state index in [4.69, 9.17) is 47.4 Å². The Morgan fingerprint density at radius 3 is 1.36 bits per heavy atom. The zero-order valence-electron chi connectivity index (χ0n) is 47.2. The van der Waals surface area contributed by atoms with Crippen LogP contribution in [-0.2, 0) is 75.7 Å². The van der Waals surface area contributed by atoms with Crippen LogP contribution in [0.1, 0.15) is 123 Å². The van der Waals surface area contributed by atoms with E-state index >= 15 is 0 Å². The minimum atomic E-state index is -1.19. The number of carbonyl (C=O) groups excluding carboxylic acids is 3. The number of aliphatic carboxylic acids is 1. The van der Waals surface area contributed by atoms with Gasteiger partial charge in [0.2, 0.25) is 11.6 Å². The Hall–Kier alpha value is -3.22. The highest BCUT2D eigenvalue weighted by atomic mass is 31.1. The molecule has 0 saturated carbocycles. The number of methoxy groups -OCH3 is 2. The second kappa shape index (κ2) is 27.7. The van der Waals surface area contributed by atoms with Gasteiger partial charge in [0, 0.05) is 71.8 Å². The summed E-state index contributed by atoms with van der Waals surface area (Å²) in [6.45, 7) is 30.6. The maximum Gasteiger partial charge on any atom is 0.340 e. The van der Waals surface area contributed by atoms with Gasteiger partial charge in [0.25, 0.3) is 0 Å². The summed E-state index contributed by atoms with van der Waals surface area (Å²) >= 11 is 0. The molecular weight excluding hydrogens is 987 g/mol. The molecule has 418 valence electrons. The van der Waals surface area contributed by atoms with Crippen molar-refractivity contribution < 1.29 is 80.8 Å². The van der Waals surface area contributed by atoms with Crippen LogP contribution in [-0.4, -0.2) is 165 Å². The highest BCUT2D eigenvalue weighted by Gasteiger charge is 2.52. The molecule has 4 heterocycles. The molecule has 0 radical (unpaired) electrons. The largest absolute Gasteiger partial charge is 0.481 e. The Bertz CT molecular complexity index is 1960. The molecule has 0 spiro atoms. The molecular formula is C52H88N2O17P2. The lowest BCUT2D eigenvalue weighted by molar-refractivity contribution is -0.266. The zero-order valence-corrected chi connectivity index (χ0v) is 49.0. The fourth-order valence-corrected chi connectivity index (χ4v) is 11.6. The lowest BCUT2D eigenvalue weighted by Crippen LogP contribution is -2.57. The molecule has 21 heteroatoms. The number of rotatable bonds is 22. The summed E-state index contributed by atoms with van der Waals surface area (Å²) in [6.07, 6.45) is -0.733. The lowest BCUT2D eigenvalue weighted by Gasteiger charge is -2.47. The van der Waals surface area contributed by atoms with E-state index in [1.165, 1.54) is 7.11 Å². The van der Waals surface area contributed by atoms with Crippen LogP contribution in [0.5, 0.6) is 0 Å². The number of cyclic esters (lactones) is 2. The first-order valence-electron chi connectivity index (χ1n) is 24.9. The standard InChI is InChI=1S/C25H42NO9P.C25H42NO8P.C2H4/c1-13(21(27)28)12-25(7,31-10)20(15(3)18-16(4)22(29)35-24(5,6)34-18)33-23-19(36-30)17(26(8)9)11-14(2)32-23;1-14(13-27)12-25(7,30-10)21(16(3)19-17(4)22(28)34-24(5,6)33-19)32-23-20(35-29)18(26(8)9)11-15(2)31-23;1-2/h13-15,17,19-20,23H,11-12H2,1-10H3,(H,27,28);13-16,18,20-21,23H,11-12H2,1-10H3;1-2H2/t13-,14-,15+,17?,19-,20-,23+,25-;14-,15-,16+,18?,20-,21-,23+,25-;/m11./s1. The normalized spacial score (nSPS) is 30.3. The van der Waals surface area contributed by atoms with Crippen LogP contribution in [0.3, 0.4) is 0 Å². The van der Waals surface area contributed by atoms with Crippen LogP contribution < -0.4 is 0 Å². The Balaban J connectivity index is 0.000000484. The fourth-order valence-electron chi connectivity index (χ4n) is 10.1. The van der Waals surface area contributed by atoms with E-state index in [1.54, 1.807) is 62.5 Å². The highest BCUT2D eigenvalue weighted by molar-refractivity contribution is 7.25. The number of carboxylic acid groups (broad SMARTS) is 1. The van der Waals surface area contributed by atoms with Crippen LogP contribution in [0, 0.1) is 23.7 Å². The number of carbonyl (C=O) groups is 4. The Labute approximate surface area is 438 Å². The third-order valence-electron chi connectivity index (χ3n) is 14.1. The van der Waals surface area contributed by atoms with Gasteiger partial charge in [0.1, 0.15) is 29.1 Å². The molecule has 73 heavy (non-hydrogen) atoms. The van der Waals surface area contributed by atoms with E-state index < -0.39 is 94.5 Å². The summed E-state index contributed by atoms with van der Waals surface area (Å²) < 4.78 is 85.0. The summed E-state index contributed by atoms with van der Waals surface area (Å²) in [4.78, 5) is 52.5. The number of hydrogen-bond donors (Lipinski definition) is 1. The van der Waals surface area contributed by atoms with Crippen molar-refractivity contribution >= 4 is 41.1 Å². The molecule has 2 saturated heterocycles. The average Bonchev–Trinajstić information content (AvgIpc) is 3.31. The molecule has 1 N–H and O–H groups in total. The van der Waals surface area contributed by atoms with E-state index in [1.807, 2.05) is 79.5 Å². The molecule has 0 aromatic rings. The van der Waals surface area contributed by atoms with E-state index in [-0.39, 0.29) is 53.6 Å². The van der Waals surface area contributed by atoms with Crippen molar-refractivity contribution in [2.45, 2.75) is 206 Å². The minimum Gasteiger partial charge on any atom is -0.481 e. The monoisotopic (exact) mass is 1070 g/mol. The van der Waals surface area contributed by atoms with E-state index in [0.29, 0.717) is 41.9 Å². The van der Waals surface area contributed by atoms with Gasteiger partial charge < -0.3 is 67.1 Å². The van der Waals surface area contributed by atoms with Crippen molar-refractivity contribution in [3.63, 3.8) is 0 Å². The minimum absolute atomic E-state index is 0.0256. The summed E-state index contributed by atoms with van der Waals surface area (Å²) in [7, 11) is 10.6. The third-order valence-corrected chi connectivity index (χ3v) is 15.7. The van der Waals surface area contributed by atoms with Crippen LogP contribution in [0.15, 0.2) is 35.8 Å². The second-order valence-electron chi connectivity index (χ2n) is 21.6.